The average Bonchev–Trinajstić information content (AvgIpc) is 2.45. The van der Waals surface area contributed by atoms with Crippen LogP contribution in [-0.4, -0.2) is 32.9 Å². The lowest BCUT2D eigenvalue weighted by molar-refractivity contribution is 0.393. The van der Waals surface area contributed by atoms with E-state index in [0.29, 0.717) is 28.4 Å². The van der Waals surface area contributed by atoms with Gasteiger partial charge in [-0.2, -0.15) is 0 Å². The average molecular weight is 377 g/mol. The van der Waals surface area contributed by atoms with Crippen molar-refractivity contribution >= 4 is 26.0 Å². The zero-order valence-corrected chi connectivity index (χ0v) is 15.6. The number of nitrogens with zero attached hydrogens (tertiary/aromatic N) is 1. The molecular formula is C15H25BrN2O2S. The number of rotatable bonds is 8. The molecule has 21 heavy (non-hydrogen) atoms. The highest BCUT2D eigenvalue weighted by atomic mass is 79.9. The molecule has 0 aliphatic heterocycles. The molecule has 4 nitrogen and oxygen atoms in total. The van der Waals surface area contributed by atoms with Crippen molar-refractivity contribution in [3.8, 4) is 0 Å². The summed E-state index contributed by atoms with van der Waals surface area (Å²) in [6, 6.07) is 5.48. The van der Waals surface area contributed by atoms with Gasteiger partial charge in [0.05, 0.1) is 4.90 Å². The minimum absolute atomic E-state index is 0.337. The van der Waals surface area contributed by atoms with E-state index in [1.54, 1.807) is 19.2 Å². The second kappa shape index (κ2) is 8.27. The maximum atomic E-state index is 12.7. The van der Waals surface area contributed by atoms with Crippen molar-refractivity contribution in [2.75, 3.05) is 20.1 Å². The van der Waals surface area contributed by atoms with Gasteiger partial charge in [0.2, 0.25) is 10.0 Å². The van der Waals surface area contributed by atoms with Gasteiger partial charge in [0.1, 0.15) is 0 Å². The second-order valence-corrected chi connectivity index (χ2v) is 8.21. The van der Waals surface area contributed by atoms with Crippen LogP contribution in [0.5, 0.6) is 0 Å². The fourth-order valence-corrected chi connectivity index (χ4v) is 4.22. The SMILES string of the molecule is CCNCc1ccc(Br)c(S(=O)(=O)N(C)CC(C)CC)c1. The molecule has 1 rings (SSSR count). The standard InChI is InChI=1S/C15H25BrN2O2S/c1-5-12(3)11-18(4)21(19,20)15-9-13(10-17-6-2)7-8-14(15)16/h7-9,12,17H,5-6,10-11H2,1-4H3. The molecule has 0 spiro atoms. The molecule has 0 aliphatic rings. The van der Waals surface area contributed by atoms with Gasteiger partial charge in [0, 0.05) is 24.6 Å². The maximum Gasteiger partial charge on any atom is 0.243 e. The Morgan fingerprint density at radius 3 is 2.57 bits per heavy atom. The largest absolute Gasteiger partial charge is 0.313 e. The van der Waals surface area contributed by atoms with Gasteiger partial charge in [-0.3, -0.25) is 0 Å². The number of benzene rings is 1. The first-order valence-electron chi connectivity index (χ1n) is 7.28. The molecule has 0 aromatic heterocycles. The predicted octanol–water partition coefficient (Wildman–Crippen LogP) is 3.23. The van der Waals surface area contributed by atoms with E-state index in [-0.39, 0.29) is 0 Å². The Morgan fingerprint density at radius 1 is 1.33 bits per heavy atom. The van der Waals surface area contributed by atoms with Crippen LogP contribution in [0, 0.1) is 5.92 Å². The smallest absolute Gasteiger partial charge is 0.243 e. The minimum Gasteiger partial charge on any atom is -0.313 e. The zero-order valence-electron chi connectivity index (χ0n) is 13.2. The summed E-state index contributed by atoms with van der Waals surface area (Å²) in [6.45, 7) is 8.20. The van der Waals surface area contributed by atoms with Crippen molar-refractivity contribution < 1.29 is 8.42 Å². The first-order valence-corrected chi connectivity index (χ1v) is 9.51. The summed E-state index contributed by atoms with van der Waals surface area (Å²) < 4.78 is 27.5. The monoisotopic (exact) mass is 376 g/mol. The fourth-order valence-electron chi connectivity index (χ4n) is 1.96. The van der Waals surface area contributed by atoms with Crippen LogP contribution >= 0.6 is 15.9 Å². The Labute approximate surface area is 137 Å². The van der Waals surface area contributed by atoms with Gasteiger partial charge in [-0.05, 0) is 46.1 Å². The molecule has 0 fully saturated rings. The quantitative estimate of drug-likeness (QED) is 0.757. The molecular weight excluding hydrogens is 352 g/mol. The van der Waals surface area contributed by atoms with Gasteiger partial charge < -0.3 is 5.32 Å². The van der Waals surface area contributed by atoms with Gasteiger partial charge in [-0.1, -0.05) is 33.3 Å². The lowest BCUT2D eigenvalue weighted by Crippen LogP contribution is -2.31. The maximum absolute atomic E-state index is 12.7. The molecule has 0 bridgehead atoms. The van der Waals surface area contributed by atoms with Crippen LogP contribution in [-0.2, 0) is 16.6 Å². The van der Waals surface area contributed by atoms with E-state index in [1.165, 1.54) is 4.31 Å². The van der Waals surface area contributed by atoms with E-state index in [1.807, 2.05) is 13.0 Å². The van der Waals surface area contributed by atoms with Crippen molar-refractivity contribution in [1.29, 1.82) is 0 Å². The molecule has 0 saturated carbocycles. The summed E-state index contributed by atoms with van der Waals surface area (Å²) in [7, 11) is -1.82. The number of sulfonamides is 1. The summed E-state index contributed by atoms with van der Waals surface area (Å²) in [4.78, 5) is 0.337. The molecule has 1 N–H and O–H groups in total. The Balaban J connectivity index is 3.06. The van der Waals surface area contributed by atoms with E-state index in [4.69, 9.17) is 0 Å². The Hall–Kier alpha value is -0.430. The summed E-state index contributed by atoms with van der Waals surface area (Å²) in [5, 5.41) is 3.21. The van der Waals surface area contributed by atoms with Crippen LogP contribution in [0.2, 0.25) is 0 Å². The van der Waals surface area contributed by atoms with Crippen LogP contribution < -0.4 is 5.32 Å². The molecule has 0 aliphatic carbocycles. The van der Waals surface area contributed by atoms with Crippen LogP contribution in [0.1, 0.15) is 32.8 Å². The highest BCUT2D eigenvalue weighted by Gasteiger charge is 2.24. The molecule has 0 heterocycles. The number of hydrogen-bond donors (Lipinski definition) is 1. The molecule has 1 aromatic carbocycles. The summed E-state index contributed by atoms with van der Waals surface area (Å²) >= 11 is 3.36. The summed E-state index contributed by atoms with van der Waals surface area (Å²) in [6.07, 6.45) is 0.960. The topological polar surface area (TPSA) is 49.4 Å². The fraction of sp³-hybridized carbons (Fsp3) is 0.600. The van der Waals surface area contributed by atoms with Gasteiger partial charge in [0.15, 0.2) is 0 Å². The van der Waals surface area contributed by atoms with Gasteiger partial charge >= 0.3 is 0 Å². The second-order valence-electron chi connectivity index (χ2n) is 5.34. The van der Waals surface area contributed by atoms with Crippen LogP contribution in [0.3, 0.4) is 0 Å². The third-order valence-corrected chi connectivity index (χ3v) is 6.35. The number of hydrogen-bond acceptors (Lipinski definition) is 3. The molecule has 1 atom stereocenters. The van der Waals surface area contributed by atoms with E-state index in [2.05, 4.69) is 35.1 Å². The van der Waals surface area contributed by atoms with E-state index in [9.17, 15) is 8.42 Å². The van der Waals surface area contributed by atoms with E-state index in [0.717, 1.165) is 18.5 Å². The molecule has 1 unspecified atom stereocenters. The first kappa shape index (κ1) is 18.6. The van der Waals surface area contributed by atoms with Gasteiger partial charge in [-0.25, -0.2) is 12.7 Å². The van der Waals surface area contributed by atoms with E-state index < -0.39 is 10.0 Å². The molecule has 1 aromatic rings. The molecule has 6 heteroatoms. The molecule has 120 valence electrons. The van der Waals surface area contributed by atoms with Crippen molar-refractivity contribution in [2.45, 2.75) is 38.6 Å². The van der Waals surface area contributed by atoms with Crippen molar-refractivity contribution in [2.24, 2.45) is 5.92 Å². The highest BCUT2D eigenvalue weighted by molar-refractivity contribution is 9.10. The third-order valence-electron chi connectivity index (χ3n) is 3.53. The Morgan fingerprint density at radius 2 is 2.00 bits per heavy atom. The number of halogens is 1. The third kappa shape index (κ3) is 5.06. The first-order chi connectivity index (χ1) is 9.82. The Kier molecular flexibility index (Phi) is 7.33. The summed E-state index contributed by atoms with van der Waals surface area (Å²) in [5.41, 5.74) is 0.968. The van der Waals surface area contributed by atoms with Gasteiger partial charge in [-0.15, -0.1) is 0 Å². The van der Waals surface area contributed by atoms with Gasteiger partial charge in [0.25, 0.3) is 0 Å². The molecule has 0 amide bonds. The predicted molar refractivity (Wildman–Crippen MR) is 90.8 cm³/mol. The Bertz CT molecular complexity index is 561. The van der Waals surface area contributed by atoms with E-state index >= 15 is 0 Å². The molecule has 0 radical (unpaired) electrons. The van der Waals surface area contributed by atoms with Crippen LogP contribution in [0.15, 0.2) is 27.6 Å². The lowest BCUT2D eigenvalue weighted by atomic mass is 10.1. The summed E-state index contributed by atoms with van der Waals surface area (Å²) in [5.74, 6) is 0.341. The minimum atomic E-state index is -3.46. The van der Waals surface area contributed by atoms with Crippen LogP contribution in [0.25, 0.3) is 0 Å². The normalized spacial score (nSPS) is 13.6. The van der Waals surface area contributed by atoms with Crippen molar-refractivity contribution in [1.82, 2.24) is 9.62 Å². The lowest BCUT2D eigenvalue weighted by Gasteiger charge is -2.21. The highest BCUT2D eigenvalue weighted by Crippen LogP contribution is 2.26. The van der Waals surface area contributed by atoms with Crippen LogP contribution in [0.4, 0.5) is 0 Å². The van der Waals surface area contributed by atoms with Crippen molar-refractivity contribution in [3.05, 3.63) is 28.2 Å². The van der Waals surface area contributed by atoms with Crippen molar-refractivity contribution in [3.63, 3.8) is 0 Å². The molecule has 0 saturated heterocycles. The zero-order chi connectivity index (χ0) is 16.0. The number of nitrogens with one attached hydrogen (secondary N) is 1.